The number of carbonyl (C=O) groups excluding carboxylic acids is 2. The predicted molar refractivity (Wildman–Crippen MR) is 151 cm³/mol. The van der Waals surface area contributed by atoms with Crippen LogP contribution in [0.3, 0.4) is 0 Å². The second kappa shape index (κ2) is 11.1. The minimum atomic E-state index is -1.21. The van der Waals surface area contributed by atoms with Crippen molar-refractivity contribution < 1.29 is 19.5 Å². The number of carboxylic acids is 1. The lowest BCUT2D eigenvalue weighted by atomic mass is 9.71. The first-order chi connectivity index (χ1) is 18.8. The number of hydrogen-bond donors (Lipinski definition) is 3. The Morgan fingerprint density at radius 2 is 1.41 bits per heavy atom. The number of carbonyl (C=O) groups is 3. The molecule has 3 N–H and O–H groups in total. The van der Waals surface area contributed by atoms with Crippen molar-refractivity contribution in [1.29, 1.82) is 0 Å². The maximum absolute atomic E-state index is 13.3. The Bertz CT molecular complexity index is 1510. The van der Waals surface area contributed by atoms with Crippen molar-refractivity contribution in [2.24, 2.45) is 0 Å². The number of hydrogen-bond acceptors (Lipinski definition) is 4. The Kier molecular flexibility index (Phi) is 7.48. The Morgan fingerprint density at radius 1 is 0.769 bits per heavy atom. The van der Waals surface area contributed by atoms with Gasteiger partial charge in [-0.15, -0.1) is 0 Å². The third-order valence-corrected chi connectivity index (χ3v) is 7.40. The van der Waals surface area contributed by atoms with Crippen LogP contribution in [-0.4, -0.2) is 22.8 Å². The van der Waals surface area contributed by atoms with E-state index in [0.717, 1.165) is 36.1 Å². The summed E-state index contributed by atoms with van der Waals surface area (Å²) < 4.78 is 0. The van der Waals surface area contributed by atoms with E-state index in [9.17, 15) is 19.5 Å². The molecule has 0 bridgehead atoms. The van der Waals surface area contributed by atoms with Gasteiger partial charge in [-0.2, -0.15) is 0 Å². The van der Waals surface area contributed by atoms with E-state index in [-0.39, 0.29) is 22.5 Å². The molecule has 1 saturated carbocycles. The summed E-state index contributed by atoms with van der Waals surface area (Å²) in [5.41, 5.74) is 2.97. The van der Waals surface area contributed by atoms with Gasteiger partial charge in [-0.1, -0.05) is 54.1 Å². The van der Waals surface area contributed by atoms with Crippen LogP contribution in [0.1, 0.15) is 67.0 Å². The van der Waals surface area contributed by atoms with Gasteiger partial charge in [0.1, 0.15) is 0 Å². The lowest BCUT2D eigenvalue weighted by molar-refractivity contribution is 0.0697. The van der Waals surface area contributed by atoms with Crippen LogP contribution in [0.15, 0.2) is 97.1 Å². The molecule has 1 aliphatic rings. The second-order valence-electron chi connectivity index (χ2n) is 9.75. The molecule has 0 radical (unpaired) electrons. The van der Waals surface area contributed by atoms with Crippen LogP contribution in [-0.2, 0) is 12.1 Å². The van der Waals surface area contributed by atoms with Gasteiger partial charge >= 0.3 is 5.97 Å². The van der Waals surface area contributed by atoms with Gasteiger partial charge in [0.2, 0.25) is 0 Å². The van der Waals surface area contributed by atoms with E-state index in [1.54, 1.807) is 24.3 Å². The average molecular weight is 539 g/mol. The fourth-order valence-electron chi connectivity index (χ4n) is 4.79. The molecule has 39 heavy (non-hydrogen) atoms. The number of amides is 1. The summed E-state index contributed by atoms with van der Waals surface area (Å²) in [5.74, 6) is -1.97. The van der Waals surface area contributed by atoms with Crippen molar-refractivity contribution in [1.82, 2.24) is 5.32 Å². The Hall–Kier alpha value is -4.42. The van der Waals surface area contributed by atoms with Gasteiger partial charge < -0.3 is 15.7 Å². The zero-order chi connectivity index (χ0) is 27.4. The van der Waals surface area contributed by atoms with Gasteiger partial charge in [0, 0.05) is 33.9 Å². The maximum Gasteiger partial charge on any atom is 0.335 e. The average Bonchev–Trinajstić information content (AvgIpc) is 2.94. The van der Waals surface area contributed by atoms with Gasteiger partial charge in [0.25, 0.3) is 5.91 Å². The Morgan fingerprint density at radius 3 is 2.03 bits per heavy atom. The van der Waals surface area contributed by atoms with Crippen molar-refractivity contribution in [3.8, 4) is 0 Å². The van der Waals surface area contributed by atoms with E-state index in [2.05, 4.69) is 10.6 Å². The van der Waals surface area contributed by atoms with E-state index < -0.39 is 17.4 Å². The molecule has 0 unspecified atom stereocenters. The molecule has 4 aromatic carbocycles. The fourth-order valence-corrected chi connectivity index (χ4v) is 4.91. The first kappa shape index (κ1) is 26.2. The lowest BCUT2D eigenvalue weighted by Gasteiger charge is -2.43. The first-order valence-corrected chi connectivity index (χ1v) is 13.1. The maximum atomic E-state index is 13.3. The molecule has 0 saturated heterocycles. The van der Waals surface area contributed by atoms with Gasteiger partial charge in [-0.05, 0) is 85.0 Å². The minimum absolute atomic E-state index is 0.116. The zero-order valence-corrected chi connectivity index (χ0v) is 21.9. The molecular formula is C32H27ClN2O4. The van der Waals surface area contributed by atoms with Crippen LogP contribution >= 0.6 is 11.6 Å². The molecule has 7 heteroatoms. The normalized spacial score (nSPS) is 13.7. The standard InChI is InChI=1S/C32H27ClN2O4/c33-27-11-7-21(8-12-27)20-34-28-13-9-22(10-14-28)29(36)23-17-24(19-25(18-23)31(38)39)30(37)35-32(15-4-16-32)26-5-2-1-3-6-26/h1-3,5-14,17-19,34H,4,15-16,20H2,(H,35,37)(H,38,39). The van der Waals surface area contributed by atoms with Gasteiger partial charge in [0.05, 0.1) is 11.1 Å². The monoisotopic (exact) mass is 538 g/mol. The van der Waals surface area contributed by atoms with Gasteiger partial charge in [-0.25, -0.2) is 4.79 Å². The molecule has 196 valence electrons. The topological polar surface area (TPSA) is 95.5 Å². The second-order valence-corrected chi connectivity index (χ2v) is 10.2. The summed E-state index contributed by atoms with van der Waals surface area (Å²) in [6.07, 6.45) is 2.58. The Labute approximate surface area is 231 Å². The summed E-state index contributed by atoms with van der Waals surface area (Å²) >= 11 is 5.94. The molecule has 0 atom stereocenters. The SMILES string of the molecule is O=C(O)c1cc(C(=O)NC2(c3ccccc3)CCC2)cc(C(=O)c2ccc(NCc3ccc(Cl)cc3)cc2)c1. The molecule has 0 spiro atoms. The number of nitrogens with one attached hydrogen (secondary N) is 2. The third-order valence-electron chi connectivity index (χ3n) is 7.15. The van der Waals surface area contributed by atoms with Crippen LogP contribution in [0.2, 0.25) is 5.02 Å². The van der Waals surface area contributed by atoms with Crippen LogP contribution in [0.4, 0.5) is 5.69 Å². The summed E-state index contributed by atoms with van der Waals surface area (Å²) in [5, 5.41) is 16.8. The highest BCUT2D eigenvalue weighted by atomic mass is 35.5. The quantitative estimate of drug-likeness (QED) is 0.206. The van der Waals surface area contributed by atoms with E-state index >= 15 is 0 Å². The molecule has 4 aromatic rings. The van der Waals surface area contributed by atoms with E-state index in [1.165, 1.54) is 18.2 Å². The van der Waals surface area contributed by atoms with Gasteiger partial charge in [0.15, 0.2) is 5.78 Å². The highest BCUT2D eigenvalue weighted by molar-refractivity contribution is 6.30. The van der Waals surface area contributed by atoms with Gasteiger partial charge in [-0.3, -0.25) is 9.59 Å². The number of rotatable bonds is 9. The molecule has 6 nitrogen and oxygen atoms in total. The largest absolute Gasteiger partial charge is 0.478 e. The highest BCUT2D eigenvalue weighted by Gasteiger charge is 2.40. The number of halogens is 1. The number of aromatic carboxylic acids is 1. The van der Waals surface area contributed by atoms with Crippen LogP contribution < -0.4 is 10.6 Å². The summed E-state index contributed by atoms with van der Waals surface area (Å²) in [4.78, 5) is 38.5. The summed E-state index contributed by atoms with van der Waals surface area (Å²) in [6, 6.07) is 28.3. The molecule has 1 fully saturated rings. The third kappa shape index (κ3) is 5.86. The number of benzene rings is 4. The van der Waals surface area contributed by atoms with E-state index in [4.69, 9.17) is 11.6 Å². The predicted octanol–water partition coefficient (Wildman–Crippen LogP) is 6.69. The molecule has 1 aliphatic carbocycles. The van der Waals surface area contributed by atoms with Crippen molar-refractivity contribution >= 4 is 34.9 Å². The fraction of sp³-hybridized carbons (Fsp3) is 0.156. The summed E-state index contributed by atoms with van der Waals surface area (Å²) in [7, 11) is 0. The van der Waals surface area contributed by atoms with Crippen molar-refractivity contribution in [3.05, 3.63) is 135 Å². The highest BCUT2D eigenvalue weighted by Crippen LogP contribution is 2.41. The van der Waals surface area contributed by atoms with Crippen molar-refractivity contribution in [2.45, 2.75) is 31.3 Å². The van der Waals surface area contributed by atoms with Crippen molar-refractivity contribution in [2.75, 3.05) is 5.32 Å². The molecule has 0 aliphatic heterocycles. The number of carboxylic acid groups (broad SMARTS) is 1. The molecule has 5 rings (SSSR count). The number of ketones is 1. The summed E-state index contributed by atoms with van der Waals surface area (Å²) in [6.45, 7) is 0.591. The van der Waals surface area contributed by atoms with Crippen LogP contribution in [0, 0.1) is 0 Å². The van der Waals surface area contributed by atoms with Crippen molar-refractivity contribution in [3.63, 3.8) is 0 Å². The number of anilines is 1. The molecule has 0 aromatic heterocycles. The minimum Gasteiger partial charge on any atom is -0.478 e. The van der Waals surface area contributed by atoms with Crippen LogP contribution in [0.25, 0.3) is 0 Å². The lowest BCUT2D eigenvalue weighted by Crippen LogP contribution is -2.50. The molecule has 1 amide bonds. The Balaban J connectivity index is 1.34. The molecular weight excluding hydrogens is 512 g/mol. The van der Waals surface area contributed by atoms with Crippen LogP contribution in [0.5, 0.6) is 0 Å². The smallest absolute Gasteiger partial charge is 0.335 e. The molecule has 0 heterocycles. The van der Waals surface area contributed by atoms with E-state index in [1.807, 2.05) is 54.6 Å². The van der Waals surface area contributed by atoms with E-state index in [0.29, 0.717) is 17.1 Å². The zero-order valence-electron chi connectivity index (χ0n) is 21.1. The first-order valence-electron chi connectivity index (χ1n) is 12.7.